The highest BCUT2D eigenvalue weighted by molar-refractivity contribution is 5.08. The summed E-state index contributed by atoms with van der Waals surface area (Å²) >= 11 is 0. The molecule has 0 heterocycles. The van der Waals surface area contributed by atoms with E-state index in [4.69, 9.17) is 0 Å². The SMILES string of the molecule is C=C/C=C/C=C/CCCCCCCC[CH]CCC. The van der Waals surface area contributed by atoms with Crippen LogP contribution in [0.25, 0.3) is 0 Å². The molecule has 0 amide bonds. The summed E-state index contributed by atoms with van der Waals surface area (Å²) in [5.74, 6) is 0. The van der Waals surface area contributed by atoms with Gasteiger partial charge >= 0.3 is 0 Å². The lowest BCUT2D eigenvalue weighted by atomic mass is 10.1. The van der Waals surface area contributed by atoms with Crippen LogP contribution in [-0.4, -0.2) is 0 Å². The van der Waals surface area contributed by atoms with Crippen molar-refractivity contribution in [3.05, 3.63) is 43.4 Å². The van der Waals surface area contributed by atoms with Crippen molar-refractivity contribution in [3.8, 4) is 0 Å². The third-order valence-electron chi connectivity index (χ3n) is 3.02. The van der Waals surface area contributed by atoms with E-state index in [-0.39, 0.29) is 0 Å². The van der Waals surface area contributed by atoms with Gasteiger partial charge in [-0.15, -0.1) is 0 Å². The summed E-state index contributed by atoms with van der Waals surface area (Å²) in [5.41, 5.74) is 0. The first-order chi connectivity index (χ1) is 8.91. The Morgan fingerprint density at radius 2 is 1.39 bits per heavy atom. The van der Waals surface area contributed by atoms with Gasteiger partial charge in [0.05, 0.1) is 0 Å². The van der Waals surface area contributed by atoms with Crippen LogP contribution in [0.4, 0.5) is 0 Å². The van der Waals surface area contributed by atoms with Gasteiger partial charge in [0.1, 0.15) is 0 Å². The zero-order valence-electron chi connectivity index (χ0n) is 12.2. The lowest BCUT2D eigenvalue weighted by molar-refractivity contribution is 0.590. The lowest BCUT2D eigenvalue weighted by Gasteiger charge is -2.00. The first kappa shape index (κ1) is 17.2. The number of allylic oxidation sites excluding steroid dienone is 5. The first-order valence-electron chi connectivity index (χ1n) is 7.67. The van der Waals surface area contributed by atoms with Crippen LogP contribution in [0.3, 0.4) is 0 Å². The smallest absolute Gasteiger partial charge is 0.0348 e. The Morgan fingerprint density at radius 1 is 0.722 bits per heavy atom. The van der Waals surface area contributed by atoms with Crippen LogP contribution in [0.15, 0.2) is 37.0 Å². The third kappa shape index (κ3) is 15.2. The highest BCUT2D eigenvalue weighted by Crippen LogP contribution is 2.10. The summed E-state index contributed by atoms with van der Waals surface area (Å²) in [6.45, 7) is 5.89. The molecule has 18 heavy (non-hydrogen) atoms. The number of unbranched alkanes of at least 4 members (excludes halogenated alkanes) is 10. The minimum atomic E-state index is 1.21. The molecule has 0 aliphatic heterocycles. The molecular formula is C18H31. The van der Waals surface area contributed by atoms with E-state index in [1.165, 1.54) is 64.2 Å². The van der Waals surface area contributed by atoms with Crippen LogP contribution in [-0.2, 0) is 0 Å². The molecule has 0 nitrogen and oxygen atoms in total. The van der Waals surface area contributed by atoms with Crippen LogP contribution < -0.4 is 0 Å². The Labute approximate surface area is 115 Å². The van der Waals surface area contributed by atoms with Crippen LogP contribution in [0, 0.1) is 6.42 Å². The van der Waals surface area contributed by atoms with Gasteiger partial charge in [-0.3, -0.25) is 0 Å². The maximum atomic E-state index is 3.64. The highest BCUT2D eigenvalue weighted by Gasteiger charge is 1.91. The van der Waals surface area contributed by atoms with Gasteiger partial charge in [-0.05, 0) is 19.3 Å². The Kier molecular flexibility index (Phi) is 15.5. The van der Waals surface area contributed by atoms with E-state index in [9.17, 15) is 0 Å². The van der Waals surface area contributed by atoms with E-state index in [1.807, 2.05) is 18.2 Å². The van der Waals surface area contributed by atoms with E-state index in [1.54, 1.807) is 0 Å². The molecule has 0 fully saturated rings. The van der Waals surface area contributed by atoms with Gasteiger partial charge in [-0.1, -0.05) is 95.2 Å². The minimum absolute atomic E-state index is 1.21. The summed E-state index contributed by atoms with van der Waals surface area (Å²) in [4.78, 5) is 0. The van der Waals surface area contributed by atoms with E-state index in [0.717, 1.165) is 0 Å². The molecule has 0 saturated carbocycles. The Hall–Kier alpha value is -0.780. The molecule has 0 spiro atoms. The molecule has 0 rings (SSSR count). The fraction of sp³-hybridized carbons (Fsp3) is 0.611. The fourth-order valence-electron chi connectivity index (χ4n) is 1.92. The van der Waals surface area contributed by atoms with Crippen molar-refractivity contribution in [2.24, 2.45) is 0 Å². The topological polar surface area (TPSA) is 0 Å². The molecule has 103 valence electrons. The maximum absolute atomic E-state index is 3.64. The second kappa shape index (κ2) is 16.2. The monoisotopic (exact) mass is 247 g/mol. The molecular weight excluding hydrogens is 216 g/mol. The average molecular weight is 247 g/mol. The lowest BCUT2D eigenvalue weighted by Crippen LogP contribution is -1.81. The zero-order valence-corrected chi connectivity index (χ0v) is 12.2. The van der Waals surface area contributed by atoms with Crippen molar-refractivity contribution >= 4 is 0 Å². The highest BCUT2D eigenvalue weighted by atomic mass is 14.0. The van der Waals surface area contributed by atoms with Gasteiger partial charge in [-0.25, -0.2) is 0 Å². The Balaban J connectivity index is 3.05. The molecule has 0 aliphatic carbocycles. The first-order valence-corrected chi connectivity index (χ1v) is 7.67. The minimum Gasteiger partial charge on any atom is -0.0991 e. The maximum Gasteiger partial charge on any atom is -0.0348 e. The number of hydrogen-bond donors (Lipinski definition) is 0. The van der Waals surface area contributed by atoms with Gasteiger partial charge in [0.15, 0.2) is 0 Å². The van der Waals surface area contributed by atoms with Crippen LogP contribution in [0.5, 0.6) is 0 Å². The Bertz CT molecular complexity index is 210. The van der Waals surface area contributed by atoms with Crippen molar-refractivity contribution in [1.29, 1.82) is 0 Å². The molecule has 0 aromatic carbocycles. The van der Waals surface area contributed by atoms with Gasteiger partial charge in [0.2, 0.25) is 0 Å². The predicted octanol–water partition coefficient (Wildman–Crippen LogP) is 6.41. The van der Waals surface area contributed by atoms with E-state index >= 15 is 0 Å². The van der Waals surface area contributed by atoms with Crippen molar-refractivity contribution in [2.45, 2.75) is 71.1 Å². The van der Waals surface area contributed by atoms with Crippen molar-refractivity contribution in [2.75, 3.05) is 0 Å². The second-order valence-electron chi connectivity index (χ2n) is 4.82. The summed E-state index contributed by atoms with van der Waals surface area (Å²) in [6.07, 6.45) is 26.1. The molecule has 0 aliphatic rings. The summed E-state index contributed by atoms with van der Waals surface area (Å²) in [5, 5.41) is 0. The van der Waals surface area contributed by atoms with Crippen molar-refractivity contribution in [3.63, 3.8) is 0 Å². The van der Waals surface area contributed by atoms with Crippen LogP contribution >= 0.6 is 0 Å². The van der Waals surface area contributed by atoms with Gasteiger partial charge in [0, 0.05) is 0 Å². The largest absolute Gasteiger partial charge is 0.0991 e. The van der Waals surface area contributed by atoms with Crippen molar-refractivity contribution < 1.29 is 0 Å². The average Bonchev–Trinajstić information content (AvgIpc) is 2.39. The zero-order chi connectivity index (χ0) is 13.3. The van der Waals surface area contributed by atoms with Gasteiger partial charge in [0.25, 0.3) is 0 Å². The van der Waals surface area contributed by atoms with E-state index < -0.39 is 0 Å². The van der Waals surface area contributed by atoms with E-state index in [0.29, 0.717) is 0 Å². The van der Waals surface area contributed by atoms with Crippen LogP contribution in [0.2, 0.25) is 0 Å². The Morgan fingerprint density at radius 3 is 2.06 bits per heavy atom. The van der Waals surface area contributed by atoms with Gasteiger partial charge < -0.3 is 0 Å². The summed E-state index contributed by atoms with van der Waals surface area (Å²) < 4.78 is 0. The third-order valence-corrected chi connectivity index (χ3v) is 3.02. The predicted molar refractivity (Wildman–Crippen MR) is 84.6 cm³/mol. The molecule has 0 aromatic rings. The second-order valence-corrected chi connectivity index (χ2v) is 4.82. The summed E-state index contributed by atoms with van der Waals surface area (Å²) in [7, 11) is 0. The number of hydrogen-bond acceptors (Lipinski definition) is 0. The molecule has 0 unspecified atom stereocenters. The molecule has 1 radical (unpaired) electrons. The fourth-order valence-corrected chi connectivity index (χ4v) is 1.92. The number of rotatable bonds is 13. The van der Waals surface area contributed by atoms with Crippen LogP contribution in [0.1, 0.15) is 71.1 Å². The molecule has 0 aromatic heterocycles. The normalized spacial score (nSPS) is 11.6. The molecule has 0 N–H and O–H groups in total. The molecule has 0 bridgehead atoms. The summed E-state index contributed by atoms with van der Waals surface area (Å²) in [6, 6.07) is 0. The molecule has 0 saturated heterocycles. The van der Waals surface area contributed by atoms with E-state index in [2.05, 4.69) is 32.1 Å². The van der Waals surface area contributed by atoms with Gasteiger partial charge in [-0.2, -0.15) is 0 Å². The standard InChI is InChI=1S/C18H31/c1-3-5-7-9-11-13-15-17-18-16-14-12-10-8-6-4-2/h3,5,7-9,11H,1,4,6,10,12-18H2,2H3/b7-5+,11-9+. The quantitative estimate of drug-likeness (QED) is 0.260. The molecule has 0 heteroatoms. The van der Waals surface area contributed by atoms with Crippen molar-refractivity contribution in [1.82, 2.24) is 0 Å². The molecule has 0 atom stereocenters.